The first-order valence-electron chi connectivity index (χ1n) is 5.20. The van der Waals surface area contributed by atoms with E-state index in [1.54, 1.807) is 0 Å². The molecule has 0 bridgehead atoms. The lowest BCUT2D eigenvalue weighted by atomic mass is 9.88. The second kappa shape index (κ2) is 5.51. The van der Waals surface area contributed by atoms with Crippen LogP contribution in [0.3, 0.4) is 0 Å². The van der Waals surface area contributed by atoms with Crippen LogP contribution in [0.1, 0.15) is 31.2 Å². The zero-order chi connectivity index (χ0) is 11.3. The molecule has 82 valence electrons. The fourth-order valence-electron chi connectivity index (χ4n) is 1.74. The van der Waals surface area contributed by atoms with Gasteiger partial charge in [-0.3, -0.25) is 4.79 Å². The van der Waals surface area contributed by atoms with E-state index in [0.717, 1.165) is 18.4 Å². The normalized spacial score (nSPS) is 14.5. The zero-order valence-electron chi connectivity index (χ0n) is 8.89. The van der Waals surface area contributed by atoms with Crippen LogP contribution >= 0.6 is 0 Å². The van der Waals surface area contributed by atoms with E-state index in [1.165, 1.54) is 0 Å². The summed E-state index contributed by atoms with van der Waals surface area (Å²) < 4.78 is 0. The topological polar surface area (TPSA) is 63.3 Å². The van der Waals surface area contributed by atoms with Crippen molar-refractivity contribution in [3.8, 4) is 0 Å². The lowest BCUT2D eigenvalue weighted by molar-refractivity contribution is -0.139. The second-order valence-corrected chi connectivity index (χ2v) is 3.67. The Labute approximate surface area is 89.9 Å². The van der Waals surface area contributed by atoms with Gasteiger partial charge in [0.2, 0.25) is 0 Å². The van der Waals surface area contributed by atoms with E-state index < -0.39 is 12.0 Å². The van der Waals surface area contributed by atoms with Crippen LogP contribution in [0.15, 0.2) is 30.3 Å². The molecule has 3 N–H and O–H groups in total. The van der Waals surface area contributed by atoms with Gasteiger partial charge in [-0.1, -0.05) is 43.7 Å². The molecule has 0 aliphatic carbocycles. The van der Waals surface area contributed by atoms with Gasteiger partial charge in [0.05, 0.1) is 0 Å². The summed E-state index contributed by atoms with van der Waals surface area (Å²) in [6, 6.07) is 8.79. The fraction of sp³-hybridized carbons (Fsp3) is 0.417. The molecule has 0 saturated heterocycles. The summed E-state index contributed by atoms with van der Waals surface area (Å²) >= 11 is 0. The molecule has 0 amide bonds. The summed E-state index contributed by atoms with van der Waals surface area (Å²) in [5, 5.41) is 8.92. The summed E-state index contributed by atoms with van der Waals surface area (Å²) in [5.41, 5.74) is 6.69. The van der Waals surface area contributed by atoms with Gasteiger partial charge in [0.1, 0.15) is 6.04 Å². The van der Waals surface area contributed by atoms with Crippen LogP contribution in [-0.4, -0.2) is 17.1 Å². The Balaban J connectivity index is 2.87. The van der Waals surface area contributed by atoms with Gasteiger partial charge in [0.15, 0.2) is 0 Å². The summed E-state index contributed by atoms with van der Waals surface area (Å²) in [6.45, 7) is 2.03. The summed E-state index contributed by atoms with van der Waals surface area (Å²) in [7, 11) is 0. The maximum atomic E-state index is 10.9. The van der Waals surface area contributed by atoms with Crippen LogP contribution in [-0.2, 0) is 4.79 Å². The van der Waals surface area contributed by atoms with E-state index in [0.29, 0.717) is 0 Å². The molecule has 0 radical (unpaired) electrons. The van der Waals surface area contributed by atoms with Crippen molar-refractivity contribution in [1.29, 1.82) is 0 Å². The maximum absolute atomic E-state index is 10.9. The van der Waals surface area contributed by atoms with Gasteiger partial charge in [-0.05, 0) is 12.0 Å². The van der Waals surface area contributed by atoms with Gasteiger partial charge in [0.25, 0.3) is 0 Å². The Hall–Kier alpha value is -1.35. The summed E-state index contributed by atoms with van der Waals surface area (Å²) in [4.78, 5) is 10.9. The van der Waals surface area contributed by atoms with Gasteiger partial charge in [-0.2, -0.15) is 0 Å². The molecule has 0 heterocycles. The molecule has 1 rings (SSSR count). The Morgan fingerprint density at radius 1 is 1.40 bits per heavy atom. The molecule has 0 aromatic heterocycles. The van der Waals surface area contributed by atoms with E-state index >= 15 is 0 Å². The van der Waals surface area contributed by atoms with E-state index in [2.05, 4.69) is 0 Å². The molecule has 0 aliphatic heterocycles. The van der Waals surface area contributed by atoms with E-state index in [-0.39, 0.29) is 5.92 Å². The fourth-order valence-corrected chi connectivity index (χ4v) is 1.74. The second-order valence-electron chi connectivity index (χ2n) is 3.67. The van der Waals surface area contributed by atoms with E-state index in [1.807, 2.05) is 37.3 Å². The van der Waals surface area contributed by atoms with Crippen molar-refractivity contribution >= 4 is 5.97 Å². The SMILES string of the molecule is CCCC(c1ccccc1)C(N)C(=O)O. The highest BCUT2D eigenvalue weighted by molar-refractivity contribution is 5.74. The highest BCUT2D eigenvalue weighted by atomic mass is 16.4. The molecule has 15 heavy (non-hydrogen) atoms. The highest BCUT2D eigenvalue weighted by Crippen LogP contribution is 2.23. The van der Waals surface area contributed by atoms with Crippen molar-refractivity contribution in [3.05, 3.63) is 35.9 Å². The Bertz CT molecular complexity index is 311. The van der Waals surface area contributed by atoms with Crippen LogP contribution < -0.4 is 5.73 Å². The minimum Gasteiger partial charge on any atom is -0.480 e. The number of carboxylic acids is 1. The highest BCUT2D eigenvalue weighted by Gasteiger charge is 2.24. The Kier molecular flexibility index (Phi) is 4.31. The number of rotatable bonds is 5. The Morgan fingerprint density at radius 2 is 2.00 bits per heavy atom. The molecular weight excluding hydrogens is 190 g/mol. The number of hydrogen-bond acceptors (Lipinski definition) is 2. The van der Waals surface area contributed by atoms with Crippen LogP contribution in [0.4, 0.5) is 0 Å². The molecule has 1 aromatic carbocycles. The zero-order valence-corrected chi connectivity index (χ0v) is 8.89. The average Bonchev–Trinajstić information content (AvgIpc) is 2.26. The molecular formula is C12H17NO2. The number of benzene rings is 1. The van der Waals surface area contributed by atoms with Gasteiger partial charge in [-0.25, -0.2) is 0 Å². The summed E-state index contributed by atoms with van der Waals surface area (Å²) in [6.07, 6.45) is 1.73. The van der Waals surface area contributed by atoms with Gasteiger partial charge >= 0.3 is 5.97 Å². The van der Waals surface area contributed by atoms with Crippen molar-refractivity contribution in [1.82, 2.24) is 0 Å². The molecule has 3 nitrogen and oxygen atoms in total. The molecule has 1 aromatic rings. The third-order valence-corrected chi connectivity index (χ3v) is 2.55. The van der Waals surface area contributed by atoms with Crippen molar-refractivity contribution in [2.45, 2.75) is 31.7 Å². The smallest absolute Gasteiger partial charge is 0.321 e. The van der Waals surface area contributed by atoms with Gasteiger partial charge < -0.3 is 10.8 Å². The largest absolute Gasteiger partial charge is 0.480 e. The monoisotopic (exact) mass is 207 g/mol. The maximum Gasteiger partial charge on any atom is 0.321 e. The number of hydrogen-bond donors (Lipinski definition) is 2. The molecule has 0 fully saturated rings. The average molecular weight is 207 g/mol. The third-order valence-electron chi connectivity index (χ3n) is 2.55. The van der Waals surface area contributed by atoms with Crippen molar-refractivity contribution in [2.24, 2.45) is 5.73 Å². The van der Waals surface area contributed by atoms with Crippen molar-refractivity contribution in [3.63, 3.8) is 0 Å². The minimum atomic E-state index is -0.933. The van der Waals surface area contributed by atoms with Crippen LogP contribution in [0, 0.1) is 0 Å². The number of carboxylic acid groups (broad SMARTS) is 1. The summed E-state index contributed by atoms with van der Waals surface area (Å²) in [5.74, 6) is -1.02. The first kappa shape index (κ1) is 11.7. The quantitative estimate of drug-likeness (QED) is 0.776. The van der Waals surface area contributed by atoms with Gasteiger partial charge in [0, 0.05) is 5.92 Å². The number of carbonyl (C=O) groups is 1. The van der Waals surface area contributed by atoms with E-state index in [9.17, 15) is 4.79 Å². The van der Waals surface area contributed by atoms with Crippen LogP contribution in [0.5, 0.6) is 0 Å². The minimum absolute atomic E-state index is 0.0892. The van der Waals surface area contributed by atoms with Crippen molar-refractivity contribution in [2.75, 3.05) is 0 Å². The van der Waals surface area contributed by atoms with Crippen LogP contribution in [0.2, 0.25) is 0 Å². The Morgan fingerprint density at radius 3 is 2.47 bits per heavy atom. The van der Waals surface area contributed by atoms with Gasteiger partial charge in [-0.15, -0.1) is 0 Å². The third kappa shape index (κ3) is 3.06. The van der Waals surface area contributed by atoms with Crippen LogP contribution in [0.25, 0.3) is 0 Å². The molecule has 2 atom stereocenters. The van der Waals surface area contributed by atoms with Crippen molar-refractivity contribution < 1.29 is 9.90 Å². The predicted molar refractivity (Wildman–Crippen MR) is 59.7 cm³/mol. The molecule has 0 spiro atoms. The predicted octanol–water partition coefficient (Wildman–Crippen LogP) is 1.98. The van der Waals surface area contributed by atoms with E-state index in [4.69, 9.17) is 10.8 Å². The standard InChI is InChI=1S/C12H17NO2/c1-2-6-10(11(13)12(14)15)9-7-4-3-5-8-9/h3-5,7-8,10-11H,2,6,13H2,1H3,(H,14,15). The molecule has 0 aliphatic rings. The molecule has 0 saturated carbocycles. The molecule has 3 heteroatoms. The lowest BCUT2D eigenvalue weighted by Gasteiger charge is -2.20. The molecule has 2 unspecified atom stereocenters. The lowest BCUT2D eigenvalue weighted by Crippen LogP contribution is -2.36. The number of aliphatic carboxylic acids is 1. The first-order valence-corrected chi connectivity index (χ1v) is 5.20. The first-order chi connectivity index (χ1) is 7.16. The number of nitrogens with two attached hydrogens (primary N) is 1.